The molecule has 2 aromatic carbocycles. The van der Waals surface area contributed by atoms with Crippen LogP contribution in [0.25, 0.3) is 10.2 Å². The van der Waals surface area contributed by atoms with E-state index in [1.807, 2.05) is 18.2 Å². The van der Waals surface area contributed by atoms with Crippen LogP contribution < -0.4 is 14.3 Å². The number of nitrogens with zero attached hydrogens (tertiary/aromatic N) is 2. The molecule has 0 aliphatic heterocycles. The first kappa shape index (κ1) is 18.2. The number of hydrogen-bond acceptors (Lipinski definition) is 4. The van der Waals surface area contributed by atoms with Crippen molar-refractivity contribution in [2.24, 2.45) is 4.99 Å². The number of benzene rings is 2. The molecule has 1 aromatic heterocycles. The minimum absolute atomic E-state index is 0.281. The summed E-state index contributed by atoms with van der Waals surface area (Å²) in [5.41, 5.74) is 2.65. The maximum Gasteiger partial charge on any atom is 0.279 e. The summed E-state index contributed by atoms with van der Waals surface area (Å²) in [5.74, 6) is 1.16. The molecule has 6 heteroatoms. The zero-order chi connectivity index (χ0) is 18.7. The third kappa shape index (κ3) is 3.37. The topological polar surface area (TPSA) is 52.8 Å². The van der Waals surface area contributed by atoms with Gasteiger partial charge in [0.1, 0.15) is 17.0 Å². The molecule has 1 heterocycles. The van der Waals surface area contributed by atoms with Crippen molar-refractivity contribution in [3.05, 3.63) is 52.3 Å². The van der Waals surface area contributed by atoms with Crippen LogP contribution in [0, 0.1) is 6.92 Å². The standard InChI is InChI=1S/C20H22N2O3S/c1-5-11-22-17-16(25-4)10-9-13(2)18(17)26-20(22)21-19(23)14-7-6-8-15(12-14)24-3/h6-10,12H,5,11H2,1-4H3. The number of rotatable bonds is 5. The van der Waals surface area contributed by atoms with Crippen LogP contribution in [-0.4, -0.2) is 24.7 Å². The van der Waals surface area contributed by atoms with Gasteiger partial charge >= 0.3 is 0 Å². The lowest BCUT2D eigenvalue weighted by Gasteiger charge is -2.08. The third-order valence-electron chi connectivity index (χ3n) is 4.17. The molecule has 1 amide bonds. The molecule has 0 aliphatic rings. The number of methoxy groups -OCH3 is 2. The highest BCUT2D eigenvalue weighted by Crippen LogP contribution is 2.30. The zero-order valence-electron chi connectivity index (χ0n) is 15.4. The molecular weight excluding hydrogens is 348 g/mol. The molecule has 26 heavy (non-hydrogen) atoms. The Hall–Kier alpha value is -2.60. The summed E-state index contributed by atoms with van der Waals surface area (Å²) in [6.45, 7) is 4.93. The highest BCUT2D eigenvalue weighted by atomic mass is 32.1. The number of carbonyl (C=O) groups is 1. The van der Waals surface area contributed by atoms with Crippen molar-refractivity contribution < 1.29 is 14.3 Å². The average molecular weight is 370 g/mol. The molecule has 0 saturated carbocycles. The summed E-state index contributed by atoms with van der Waals surface area (Å²) in [6, 6.07) is 11.0. The van der Waals surface area contributed by atoms with Gasteiger partial charge in [-0.25, -0.2) is 0 Å². The fourth-order valence-corrected chi connectivity index (χ4v) is 4.01. The first-order chi connectivity index (χ1) is 12.6. The van der Waals surface area contributed by atoms with Crippen molar-refractivity contribution >= 4 is 27.5 Å². The van der Waals surface area contributed by atoms with Gasteiger partial charge in [-0.15, -0.1) is 0 Å². The van der Waals surface area contributed by atoms with Gasteiger partial charge < -0.3 is 14.0 Å². The van der Waals surface area contributed by atoms with Crippen molar-refractivity contribution in [2.45, 2.75) is 26.8 Å². The Bertz CT molecular complexity index is 1020. The molecule has 0 fully saturated rings. The molecule has 136 valence electrons. The van der Waals surface area contributed by atoms with E-state index in [2.05, 4.69) is 23.4 Å². The van der Waals surface area contributed by atoms with E-state index in [4.69, 9.17) is 9.47 Å². The number of amides is 1. The number of ether oxygens (including phenoxy) is 2. The normalized spacial score (nSPS) is 11.8. The Morgan fingerprint density at radius 3 is 2.69 bits per heavy atom. The summed E-state index contributed by atoms with van der Waals surface area (Å²) in [4.78, 5) is 17.8. The Morgan fingerprint density at radius 2 is 2.00 bits per heavy atom. The monoisotopic (exact) mass is 370 g/mol. The second-order valence-electron chi connectivity index (χ2n) is 5.95. The zero-order valence-corrected chi connectivity index (χ0v) is 16.2. The molecule has 0 unspecified atom stereocenters. The lowest BCUT2D eigenvalue weighted by atomic mass is 10.2. The quantitative estimate of drug-likeness (QED) is 0.677. The van der Waals surface area contributed by atoms with Crippen molar-refractivity contribution in [1.29, 1.82) is 0 Å². The Labute approximate surface area is 156 Å². The number of carbonyl (C=O) groups excluding carboxylic acids is 1. The van der Waals surface area contributed by atoms with Crippen LogP contribution in [-0.2, 0) is 6.54 Å². The Kier molecular flexibility index (Phi) is 5.42. The summed E-state index contributed by atoms with van der Waals surface area (Å²) < 4.78 is 13.9. The molecule has 0 N–H and O–H groups in total. The van der Waals surface area contributed by atoms with E-state index in [9.17, 15) is 4.79 Å². The second kappa shape index (κ2) is 7.74. The first-order valence-electron chi connectivity index (χ1n) is 8.49. The third-order valence-corrected chi connectivity index (χ3v) is 5.38. The van der Waals surface area contributed by atoms with Crippen LogP contribution in [0.4, 0.5) is 0 Å². The van der Waals surface area contributed by atoms with E-state index in [0.29, 0.717) is 16.1 Å². The summed E-state index contributed by atoms with van der Waals surface area (Å²) >= 11 is 1.52. The highest BCUT2D eigenvalue weighted by Gasteiger charge is 2.14. The van der Waals surface area contributed by atoms with E-state index in [0.717, 1.165) is 34.5 Å². The van der Waals surface area contributed by atoms with Gasteiger partial charge in [0.2, 0.25) is 0 Å². The van der Waals surface area contributed by atoms with Crippen LogP contribution in [0.3, 0.4) is 0 Å². The lowest BCUT2D eigenvalue weighted by Crippen LogP contribution is -2.17. The summed E-state index contributed by atoms with van der Waals surface area (Å²) in [7, 11) is 3.24. The molecule has 0 radical (unpaired) electrons. The predicted molar refractivity (Wildman–Crippen MR) is 104 cm³/mol. The van der Waals surface area contributed by atoms with Crippen LogP contribution in [0.2, 0.25) is 0 Å². The number of aryl methyl sites for hydroxylation is 2. The van der Waals surface area contributed by atoms with Gasteiger partial charge in [-0.2, -0.15) is 4.99 Å². The minimum Gasteiger partial charge on any atom is -0.497 e. The van der Waals surface area contributed by atoms with E-state index >= 15 is 0 Å². The van der Waals surface area contributed by atoms with Gasteiger partial charge in [-0.3, -0.25) is 4.79 Å². The maximum absolute atomic E-state index is 12.7. The molecule has 0 bridgehead atoms. The van der Waals surface area contributed by atoms with Crippen LogP contribution in [0.1, 0.15) is 29.3 Å². The van der Waals surface area contributed by atoms with Crippen molar-refractivity contribution in [1.82, 2.24) is 4.57 Å². The molecule has 3 rings (SSSR count). The molecular formula is C20H22N2O3S. The van der Waals surface area contributed by atoms with Crippen LogP contribution in [0.5, 0.6) is 11.5 Å². The van der Waals surface area contributed by atoms with Crippen LogP contribution >= 0.6 is 11.3 Å². The highest BCUT2D eigenvalue weighted by molar-refractivity contribution is 7.16. The number of fused-ring (bicyclic) bond motifs is 1. The van der Waals surface area contributed by atoms with E-state index in [1.165, 1.54) is 11.3 Å². The van der Waals surface area contributed by atoms with Gasteiger partial charge in [0, 0.05) is 12.1 Å². The Balaban J connectivity index is 2.20. The minimum atomic E-state index is -0.281. The van der Waals surface area contributed by atoms with Crippen molar-refractivity contribution in [2.75, 3.05) is 14.2 Å². The number of aromatic nitrogens is 1. The molecule has 0 atom stereocenters. The van der Waals surface area contributed by atoms with Gasteiger partial charge in [0.05, 0.1) is 18.9 Å². The average Bonchev–Trinajstić information content (AvgIpc) is 3.02. The summed E-state index contributed by atoms with van der Waals surface area (Å²) in [6.07, 6.45) is 0.934. The van der Waals surface area contributed by atoms with Gasteiger partial charge in [0.25, 0.3) is 5.91 Å². The number of hydrogen-bond donors (Lipinski definition) is 0. The Morgan fingerprint density at radius 1 is 1.19 bits per heavy atom. The lowest BCUT2D eigenvalue weighted by molar-refractivity contribution is 0.0997. The fourth-order valence-electron chi connectivity index (χ4n) is 2.87. The molecule has 3 aromatic rings. The van der Waals surface area contributed by atoms with Gasteiger partial charge in [0.15, 0.2) is 4.80 Å². The fraction of sp³-hybridized carbons (Fsp3) is 0.300. The summed E-state index contributed by atoms with van der Waals surface area (Å²) in [5, 5.41) is 0. The molecule has 5 nitrogen and oxygen atoms in total. The second-order valence-corrected chi connectivity index (χ2v) is 6.93. The predicted octanol–water partition coefficient (Wildman–Crippen LogP) is 4.18. The SMILES string of the molecule is CCCn1c(=NC(=O)c2cccc(OC)c2)sc2c(C)ccc(OC)c21. The smallest absolute Gasteiger partial charge is 0.279 e. The van der Waals surface area contributed by atoms with E-state index in [-0.39, 0.29) is 5.91 Å². The van der Waals surface area contributed by atoms with Gasteiger partial charge in [-0.05, 0) is 43.2 Å². The molecule has 0 spiro atoms. The first-order valence-corrected chi connectivity index (χ1v) is 9.30. The number of thiazole rings is 1. The van der Waals surface area contributed by atoms with E-state index in [1.54, 1.807) is 32.4 Å². The molecule has 0 aliphatic carbocycles. The van der Waals surface area contributed by atoms with E-state index < -0.39 is 0 Å². The van der Waals surface area contributed by atoms with Crippen molar-refractivity contribution in [3.8, 4) is 11.5 Å². The largest absolute Gasteiger partial charge is 0.497 e. The molecule has 0 saturated heterocycles. The van der Waals surface area contributed by atoms with Crippen molar-refractivity contribution in [3.63, 3.8) is 0 Å². The van der Waals surface area contributed by atoms with Gasteiger partial charge in [-0.1, -0.05) is 30.4 Å². The maximum atomic E-state index is 12.7. The van der Waals surface area contributed by atoms with Crippen LogP contribution in [0.15, 0.2) is 41.4 Å².